The van der Waals surface area contributed by atoms with E-state index in [1.165, 1.54) is 18.0 Å². The third kappa shape index (κ3) is 2.74. The number of aromatic nitrogens is 2. The lowest BCUT2D eigenvalue weighted by atomic mass is 9.73. The topological polar surface area (TPSA) is 55.0 Å². The van der Waals surface area contributed by atoms with Crippen molar-refractivity contribution in [3.63, 3.8) is 0 Å². The molecule has 0 unspecified atom stereocenters. The lowest BCUT2D eigenvalue weighted by molar-refractivity contribution is 0.337. The Labute approximate surface area is 123 Å². The molecule has 1 saturated heterocycles. The van der Waals surface area contributed by atoms with Crippen molar-refractivity contribution in [1.82, 2.24) is 9.97 Å². The normalized spacial score (nSPS) is 17.7. The molecule has 2 aromatic rings. The summed E-state index contributed by atoms with van der Waals surface area (Å²) in [6.07, 6.45) is 4.33. The van der Waals surface area contributed by atoms with E-state index in [1.54, 1.807) is 0 Å². The fourth-order valence-electron chi connectivity index (χ4n) is 3.01. The molecule has 21 heavy (non-hydrogen) atoms. The second-order valence-electron chi connectivity index (χ2n) is 5.54. The van der Waals surface area contributed by atoms with E-state index in [4.69, 9.17) is 5.73 Å². The van der Waals surface area contributed by atoms with E-state index in [0.717, 1.165) is 25.9 Å². The molecule has 110 valence electrons. The number of hydrogen-bond acceptors (Lipinski definition) is 4. The number of halogens is 1. The molecule has 2 heterocycles. The number of nitrogens with zero attached hydrogens (tertiary/aromatic N) is 3. The van der Waals surface area contributed by atoms with Gasteiger partial charge in [-0.15, -0.1) is 0 Å². The maximum Gasteiger partial charge on any atom is 0.225 e. The molecule has 1 aliphatic rings. The zero-order valence-corrected chi connectivity index (χ0v) is 11.9. The third-order valence-electron chi connectivity index (χ3n) is 4.39. The molecule has 0 radical (unpaired) electrons. The minimum Gasteiger partial charge on any atom is -0.341 e. The Bertz CT molecular complexity index is 577. The van der Waals surface area contributed by atoms with Gasteiger partial charge in [-0.25, -0.2) is 14.4 Å². The van der Waals surface area contributed by atoms with Crippen LogP contribution in [0.3, 0.4) is 0 Å². The molecule has 1 aromatic carbocycles. The zero-order chi connectivity index (χ0) is 14.7. The summed E-state index contributed by atoms with van der Waals surface area (Å²) in [5.74, 6) is 0.187. The maximum atomic E-state index is 12.9. The Balaban J connectivity index is 1.75. The van der Waals surface area contributed by atoms with Gasteiger partial charge in [-0.2, -0.15) is 0 Å². The largest absolute Gasteiger partial charge is 0.341 e. The molecule has 1 fully saturated rings. The van der Waals surface area contributed by atoms with Crippen LogP contribution in [0.2, 0.25) is 0 Å². The summed E-state index contributed by atoms with van der Waals surface area (Å²) in [4.78, 5) is 10.2. The number of nitrogens with two attached hydrogens (primary N) is 1. The fourth-order valence-corrected chi connectivity index (χ4v) is 3.01. The van der Waals surface area contributed by atoms with E-state index in [2.05, 4.69) is 39.1 Å². The van der Waals surface area contributed by atoms with Gasteiger partial charge < -0.3 is 10.6 Å². The van der Waals surface area contributed by atoms with E-state index in [9.17, 15) is 4.39 Å². The summed E-state index contributed by atoms with van der Waals surface area (Å²) in [7, 11) is 0. The first kappa shape index (κ1) is 13.9. The van der Waals surface area contributed by atoms with Gasteiger partial charge >= 0.3 is 0 Å². The van der Waals surface area contributed by atoms with Crippen molar-refractivity contribution in [1.29, 1.82) is 0 Å². The van der Waals surface area contributed by atoms with Gasteiger partial charge in [-0.3, -0.25) is 0 Å². The van der Waals surface area contributed by atoms with Gasteiger partial charge in [-0.1, -0.05) is 30.3 Å². The molecule has 0 atom stereocenters. The molecule has 0 saturated carbocycles. The van der Waals surface area contributed by atoms with Crippen LogP contribution in [0.15, 0.2) is 42.7 Å². The van der Waals surface area contributed by atoms with Crippen LogP contribution in [0.25, 0.3) is 0 Å². The van der Waals surface area contributed by atoms with E-state index in [-0.39, 0.29) is 5.41 Å². The molecular formula is C16H19FN4. The number of piperidine rings is 1. The lowest BCUT2D eigenvalue weighted by Gasteiger charge is -2.41. The Hall–Kier alpha value is -2.01. The molecule has 5 heteroatoms. The zero-order valence-electron chi connectivity index (χ0n) is 11.9. The van der Waals surface area contributed by atoms with Crippen molar-refractivity contribution >= 4 is 5.95 Å². The molecule has 0 amide bonds. The van der Waals surface area contributed by atoms with Crippen LogP contribution in [0.1, 0.15) is 18.4 Å². The van der Waals surface area contributed by atoms with Gasteiger partial charge in [-0.05, 0) is 18.4 Å². The highest BCUT2D eigenvalue weighted by atomic mass is 19.1. The van der Waals surface area contributed by atoms with Gasteiger partial charge in [0.15, 0.2) is 5.82 Å². The molecule has 4 nitrogen and oxygen atoms in total. The van der Waals surface area contributed by atoms with E-state index in [1.807, 2.05) is 6.07 Å². The number of rotatable bonds is 3. The first-order chi connectivity index (χ1) is 10.2. The molecule has 1 aliphatic heterocycles. The Morgan fingerprint density at radius 3 is 2.29 bits per heavy atom. The molecule has 1 aromatic heterocycles. The average Bonchev–Trinajstić information content (AvgIpc) is 2.56. The minimum absolute atomic E-state index is 0.0256. The van der Waals surface area contributed by atoms with Crippen LogP contribution in [0.5, 0.6) is 0 Å². The van der Waals surface area contributed by atoms with Crippen molar-refractivity contribution in [3.05, 3.63) is 54.1 Å². The van der Waals surface area contributed by atoms with Crippen molar-refractivity contribution in [2.24, 2.45) is 5.73 Å². The first-order valence-corrected chi connectivity index (χ1v) is 7.22. The number of benzene rings is 1. The highest BCUT2D eigenvalue weighted by molar-refractivity contribution is 5.34. The second kappa shape index (κ2) is 5.77. The van der Waals surface area contributed by atoms with Crippen molar-refractivity contribution < 1.29 is 4.39 Å². The first-order valence-electron chi connectivity index (χ1n) is 7.22. The Kier molecular flexibility index (Phi) is 3.84. The summed E-state index contributed by atoms with van der Waals surface area (Å²) in [6.45, 7) is 2.30. The molecule has 0 bridgehead atoms. The smallest absolute Gasteiger partial charge is 0.225 e. The van der Waals surface area contributed by atoms with Gasteiger partial charge in [0.25, 0.3) is 0 Å². The monoisotopic (exact) mass is 286 g/mol. The average molecular weight is 286 g/mol. The predicted octanol–water partition coefficient (Wildman–Crippen LogP) is 2.11. The fraction of sp³-hybridized carbons (Fsp3) is 0.375. The summed E-state index contributed by atoms with van der Waals surface area (Å²) in [5, 5.41) is 0. The van der Waals surface area contributed by atoms with Crippen LogP contribution >= 0.6 is 0 Å². The molecule has 0 aliphatic carbocycles. The highest BCUT2D eigenvalue weighted by Crippen LogP contribution is 2.35. The summed E-state index contributed by atoms with van der Waals surface area (Å²) < 4.78 is 12.9. The molecular weight excluding hydrogens is 267 g/mol. The molecule has 2 N–H and O–H groups in total. The molecule has 3 rings (SSSR count). The maximum absolute atomic E-state index is 12.9. The van der Waals surface area contributed by atoms with Gasteiger partial charge in [0.05, 0.1) is 12.4 Å². The van der Waals surface area contributed by atoms with E-state index < -0.39 is 5.82 Å². The van der Waals surface area contributed by atoms with Crippen molar-refractivity contribution in [2.75, 3.05) is 24.5 Å². The summed E-state index contributed by atoms with van der Waals surface area (Å²) >= 11 is 0. The predicted molar refractivity (Wildman–Crippen MR) is 80.6 cm³/mol. The minimum atomic E-state index is -0.406. The highest BCUT2D eigenvalue weighted by Gasteiger charge is 2.35. The van der Waals surface area contributed by atoms with Crippen LogP contribution < -0.4 is 10.6 Å². The Morgan fingerprint density at radius 2 is 1.71 bits per heavy atom. The quantitative estimate of drug-likeness (QED) is 0.939. The van der Waals surface area contributed by atoms with Gasteiger partial charge in [0.2, 0.25) is 5.95 Å². The standard InChI is InChI=1S/C16H19FN4/c17-14-10-19-15(20-11-14)21-8-6-16(12-18,7-9-21)13-4-2-1-3-5-13/h1-5,10-11H,6-9,12,18H2. The molecule has 0 spiro atoms. The van der Waals surface area contributed by atoms with Gasteiger partial charge in [0, 0.05) is 25.0 Å². The lowest BCUT2D eigenvalue weighted by Crippen LogP contribution is -2.47. The number of hydrogen-bond donors (Lipinski definition) is 1. The SMILES string of the molecule is NCC1(c2ccccc2)CCN(c2ncc(F)cn2)CC1. The van der Waals surface area contributed by atoms with E-state index in [0.29, 0.717) is 12.5 Å². The summed E-state index contributed by atoms with van der Waals surface area (Å²) in [6, 6.07) is 10.4. The van der Waals surface area contributed by atoms with Crippen LogP contribution in [0, 0.1) is 5.82 Å². The van der Waals surface area contributed by atoms with E-state index >= 15 is 0 Å². The second-order valence-corrected chi connectivity index (χ2v) is 5.54. The van der Waals surface area contributed by atoms with Crippen molar-refractivity contribution in [2.45, 2.75) is 18.3 Å². The Morgan fingerprint density at radius 1 is 1.10 bits per heavy atom. The number of anilines is 1. The van der Waals surface area contributed by atoms with Crippen LogP contribution in [-0.2, 0) is 5.41 Å². The third-order valence-corrected chi connectivity index (χ3v) is 4.39. The van der Waals surface area contributed by atoms with Gasteiger partial charge in [0.1, 0.15) is 0 Å². The van der Waals surface area contributed by atoms with Crippen LogP contribution in [-0.4, -0.2) is 29.6 Å². The summed E-state index contributed by atoms with van der Waals surface area (Å²) in [5.41, 5.74) is 7.40. The van der Waals surface area contributed by atoms with Crippen molar-refractivity contribution in [3.8, 4) is 0 Å². The van der Waals surface area contributed by atoms with Crippen LogP contribution in [0.4, 0.5) is 10.3 Å².